The summed E-state index contributed by atoms with van der Waals surface area (Å²) < 4.78 is 5.98. The van der Waals surface area contributed by atoms with E-state index in [-0.39, 0.29) is 11.3 Å². The summed E-state index contributed by atoms with van der Waals surface area (Å²) in [7, 11) is 5.40. The van der Waals surface area contributed by atoms with E-state index in [1.54, 1.807) is 12.1 Å². The number of amides is 1. The summed E-state index contributed by atoms with van der Waals surface area (Å²) in [4.78, 5) is 29.5. The van der Waals surface area contributed by atoms with Gasteiger partial charge >= 0.3 is 0 Å². The van der Waals surface area contributed by atoms with E-state index in [1.165, 1.54) is 18.1 Å². The third-order valence-corrected chi connectivity index (χ3v) is 5.92. The molecule has 2 aromatic carbocycles. The zero-order valence-corrected chi connectivity index (χ0v) is 19.9. The Balaban J connectivity index is 2.11. The Hall–Kier alpha value is -2.35. The fraction of sp³-hybridized carbons (Fsp3) is 0.304. The Morgan fingerprint density at radius 2 is 1.97 bits per heavy atom. The highest BCUT2D eigenvalue weighted by molar-refractivity contribution is 9.10. The van der Waals surface area contributed by atoms with E-state index in [2.05, 4.69) is 15.9 Å². The van der Waals surface area contributed by atoms with Crippen LogP contribution in [0.15, 0.2) is 52.5 Å². The Labute approximate surface area is 195 Å². The standard InChI is InChI=1S/C23H24BrClN2O4/c1-26(2)10-5-11-27-20(14-6-4-7-16(24)12-14)19(22(29)23(27)30)21(28)15-8-9-18(31-3)17(25)13-15/h4,6-9,12-13,20,28H,5,10-11H2,1-3H3/t20-/m0/s1. The largest absolute Gasteiger partial charge is 0.507 e. The average Bonchev–Trinajstić information content (AvgIpc) is 2.98. The van der Waals surface area contributed by atoms with Crippen molar-refractivity contribution in [1.82, 2.24) is 9.80 Å². The van der Waals surface area contributed by atoms with E-state index in [0.29, 0.717) is 29.3 Å². The van der Waals surface area contributed by atoms with Crippen molar-refractivity contribution in [1.29, 1.82) is 0 Å². The van der Waals surface area contributed by atoms with Gasteiger partial charge in [0.2, 0.25) is 0 Å². The van der Waals surface area contributed by atoms with Crippen LogP contribution in [-0.4, -0.2) is 60.9 Å². The maximum absolute atomic E-state index is 13.0. The predicted octanol–water partition coefficient (Wildman–Crippen LogP) is 4.48. The summed E-state index contributed by atoms with van der Waals surface area (Å²) in [6.45, 7) is 1.16. The summed E-state index contributed by atoms with van der Waals surface area (Å²) in [6.07, 6.45) is 0.693. The summed E-state index contributed by atoms with van der Waals surface area (Å²) in [5.41, 5.74) is 1.13. The lowest BCUT2D eigenvalue weighted by molar-refractivity contribution is -0.139. The minimum absolute atomic E-state index is 0.0502. The van der Waals surface area contributed by atoms with Crippen LogP contribution in [0.25, 0.3) is 5.76 Å². The number of benzene rings is 2. The molecule has 1 fully saturated rings. The van der Waals surface area contributed by atoms with Gasteiger partial charge in [0.05, 0.1) is 23.7 Å². The number of aliphatic hydroxyl groups excluding tert-OH is 1. The monoisotopic (exact) mass is 506 g/mol. The van der Waals surface area contributed by atoms with Gasteiger partial charge in [-0.25, -0.2) is 0 Å². The van der Waals surface area contributed by atoms with Crippen LogP contribution in [-0.2, 0) is 9.59 Å². The lowest BCUT2D eigenvalue weighted by atomic mass is 9.95. The van der Waals surface area contributed by atoms with Crippen molar-refractivity contribution < 1.29 is 19.4 Å². The van der Waals surface area contributed by atoms with Gasteiger partial charge in [-0.05, 0) is 63.0 Å². The molecule has 3 rings (SSSR count). The fourth-order valence-electron chi connectivity index (χ4n) is 3.66. The Morgan fingerprint density at radius 1 is 1.23 bits per heavy atom. The normalized spacial score (nSPS) is 18.1. The van der Waals surface area contributed by atoms with Crippen LogP contribution >= 0.6 is 27.5 Å². The minimum Gasteiger partial charge on any atom is -0.507 e. The number of aliphatic hydroxyl groups is 1. The molecule has 1 amide bonds. The number of likely N-dealkylation sites (tertiary alicyclic amines) is 1. The maximum atomic E-state index is 13.0. The molecule has 0 saturated carbocycles. The third kappa shape index (κ3) is 4.95. The van der Waals surface area contributed by atoms with Crippen molar-refractivity contribution in [2.75, 3.05) is 34.3 Å². The molecule has 1 aliphatic rings. The second kappa shape index (κ2) is 9.85. The van der Waals surface area contributed by atoms with Gasteiger partial charge in [0, 0.05) is 16.6 Å². The fourth-order valence-corrected chi connectivity index (χ4v) is 4.33. The third-order valence-electron chi connectivity index (χ3n) is 5.13. The lowest BCUT2D eigenvalue weighted by Gasteiger charge is -2.26. The molecule has 0 bridgehead atoms. The first kappa shape index (κ1) is 23.3. The number of hydrogen-bond acceptors (Lipinski definition) is 5. The summed E-state index contributed by atoms with van der Waals surface area (Å²) >= 11 is 9.67. The van der Waals surface area contributed by atoms with Crippen LogP contribution in [0.5, 0.6) is 5.75 Å². The van der Waals surface area contributed by atoms with Crippen LogP contribution < -0.4 is 4.74 Å². The lowest BCUT2D eigenvalue weighted by Crippen LogP contribution is -2.32. The van der Waals surface area contributed by atoms with E-state index < -0.39 is 17.7 Å². The molecule has 0 aromatic heterocycles. The molecule has 1 atom stereocenters. The molecular formula is C23H24BrClN2O4. The summed E-state index contributed by atoms with van der Waals surface area (Å²) in [5, 5.41) is 11.4. The molecule has 6 nitrogen and oxygen atoms in total. The molecule has 1 N–H and O–H groups in total. The van der Waals surface area contributed by atoms with Gasteiger partial charge in [-0.1, -0.05) is 39.7 Å². The number of carbonyl (C=O) groups excluding carboxylic acids is 2. The van der Waals surface area contributed by atoms with Gasteiger partial charge in [0.15, 0.2) is 0 Å². The molecule has 164 valence electrons. The molecule has 1 heterocycles. The highest BCUT2D eigenvalue weighted by Crippen LogP contribution is 2.40. The van der Waals surface area contributed by atoms with Crippen LogP contribution in [0.4, 0.5) is 0 Å². The highest BCUT2D eigenvalue weighted by atomic mass is 79.9. The van der Waals surface area contributed by atoms with E-state index >= 15 is 0 Å². The van der Waals surface area contributed by atoms with Gasteiger partial charge in [0.1, 0.15) is 11.5 Å². The molecule has 2 aromatic rings. The van der Waals surface area contributed by atoms with Gasteiger partial charge in [-0.15, -0.1) is 0 Å². The number of ketones is 1. The van der Waals surface area contributed by atoms with E-state index in [1.807, 2.05) is 43.3 Å². The molecule has 8 heteroatoms. The van der Waals surface area contributed by atoms with Crippen molar-refractivity contribution in [3.8, 4) is 5.75 Å². The number of rotatable bonds is 7. The van der Waals surface area contributed by atoms with Crippen LogP contribution in [0.2, 0.25) is 5.02 Å². The van der Waals surface area contributed by atoms with Crippen LogP contribution in [0.1, 0.15) is 23.6 Å². The molecule has 0 radical (unpaired) electrons. The van der Waals surface area contributed by atoms with Crippen molar-refractivity contribution in [2.45, 2.75) is 12.5 Å². The smallest absolute Gasteiger partial charge is 0.295 e. The number of ether oxygens (including phenoxy) is 1. The highest BCUT2D eigenvalue weighted by Gasteiger charge is 2.45. The molecule has 1 saturated heterocycles. The molecule has 31 heavy (non-hydrogen) atoms. The number of nitrogens with zero attached hydrogens (tertiary/aromatic N) is 2. The number of carbonyl (C=O) groups is 2. The van der Waals surface area contributed by atoms with Crippen molar-refractivity contribution in [3.63, 3.8) is 0 Å². The average molecular weight is 508 g/mol. The SMILES string of the molecule is COc1ccc(C(O)=C2C(=O)C(=O)N(CCCN(C)C)[C@H]2c2cccc(Br)c2)cc1Cl. The first-order valence-electron chi connectivity index (χ1n) is 9.77. The Kier molecular flexibility index (Phi) is 7.41. The molecule has 1 aliphatic heterocycles. The van der Waals surface area contributed by atoms with Crippen molar-refractivity contribution in [2.24, 2.45) is 0 Å². The zero-order chi connectivity index (χ0) is 22.7. The predicted molar refractivity (Wildman–Crippen MR) is 124 cm³/mol. The minimum atomic E-state index is -0.709. The Morgan fingerprint density at radius 3 is 2.58 bits per heavy atom. The first-order valence-corrected chi connectivity index (χ1v) is 10.9. The number of halogens is 2. The van der Waals surface area contributed by atoms with Crippen molar-refractivity contribution in [3.05, 3.63) is 68.7 Å². The van der Waals surface area contributed by atoms with E-state index in [0.717, 1.165) is 16.6 Å². The molecule has 0 unspecified atom stereocenters. The second-order valence-corrected chi connectivity index (χ2v) is 8.88. The number of Topliss-reactive ketones (excluding diaryl/α,β-unsaturated/α-hetero) is 1. The van der Waals surface area contributed by atoms with Crippen LogP contribution in [0.3, 0.4) is 0 Å². The molecular weight excluding hydrogens is 484 g/mol. The van der Waals surface area contributed by atoms with Gasteiger partial charge in [-0.2, -0.15) is 0 Å². The molecule has 0 aliphatic carbocycles. The summed E-state index contributed by atoms with van der Waals surface area (Å²) in [6, 6.07) is 11.4. The van der Waals surface area contributed by atoms with Crippen molar-refractivity contribution >= 4 is 45.0 Å². The number of methoxy groups -OCH3 is 1. The van der Waals surface area contributed by atoms with Gasteiger partial charge in [0.25, 0.3) is 11.7 Å². The quantitative estimate of drug-likeness (QED) is 0.340. The maximum Gasteiger partial charge on any atom is 0.295 e. The topological polar surface area (TPSA) is 70.1 Å². The zero-order valence-electron chi connectivity index (χ0n) is 17.6. The molecule has 0 spiro atoms. The van der Waals surface area contributed by atoms with Gasteiger partial charge < -0.3 is 19.6 Å². The summed E-state index contributed by atoms with van der Waals surface area (Å²) in [5.74, 6) is -1.14. The number of hydrogen-bond donors (Lipinski definition) is 1. The second-order valence-electron chi connectivity index (χ2n) is 7.55. The first-order chi connectivity index (χ1) is 14.7. The van der Waals surface area contributed by atoms with Gasteiger partial charge in [-0.3, -0.25) is 9.59 Å². The van der Waals surface area contributed by atoms with E-state index in [9.17, 15) is 14.7 Å². The Bertz CT molecular complexity index is 1040. The van der Waals surface area contributed by atoms with Crippen LogP contribution in [0, 0.1) is 0 Å². The van der Waals surface area contributed by atoms with E-state index in [4.69, 9.17) is 16.3 Å².